The largest absolute Gasteiger partial charge is 0.477 e. The van der Waals surface area contributed by atoms with Gasteiger partial charge >= 0.3 is 23.8 Å². The lowest BCUT2D eigenvalue weighted by molar-refractivity contribution is -0.149. The van der Waals surface area contributed by atoms with E-state index < -0.39 is 29.7 Å². The van der Waals surface area contributed by atoms with Crippen LogP contribution in [0.25, 0.3) is 16.6 Å². The summed E-state index contributed by atoms with van der Waals surface area (Å²) in [5, 5.41) is 27.3. The van der Waals surface area contributed by atoms with Crippen molar-refractivity contribution in [3.63, 3.8) is 0 Å². The molecule has 4 N–H and O–H groups in total. The number of halogens is 1. The zero-order valence-electron chi connectivity index (χ0n) is 28.4. The summed E-state index contributed by atoms with van der Waals surface area (Å²) in [5.41, 5.74) is 2.92. The second-order valence-electron chi connectivity index (χ2n) is 12.8. The van der Waals surface area contributed by atoms with Crippen LogP contribution in [0.15, 0.2) is 73.1 Å². The first-order chi connectivity index (χ1) is 25.5. The normalized spacial score (nSPS) is 15.8. The second kappa shape index (κ2) is 14.7. The van der Waals surface area contributed by atoms with Gasteiger partial charge in [-0.05, 0) is 77.6 Å². The Balaban J connectivity index is 1.13. The van der Waals surface area contributed by atoms with Gasteiger partial charge in [-0.2, -0.15) is 4.68 Å². The van der Waals surface area contributed by atoms with Gasteiger partial charge in [0, 0.05) is 73.0 Å². The van der Waals surface area contributed by atoms with Crippen LogP contribution in [0, 0.1) is 0 Å². The number of fused-ring (bicyclic) bond motifs is 1. The van der Waals surface area contributed by atoms with Gasteiger partial charge in [-0.1, -0.05) is 23.7 Å². The Hall–Kier alpha value is -6.33. The molecule has 0 bridgehead atoms. The Labute approximate surface area is 307 Å². The van der Waals surface area contributed by atoms with Crippen molar-refractivity contribution >= 4 is 69.3 Å². The highest BCUT2D eigenvalue weighted by Gasteiger charge is 2.40. The number of carboxylic acid groups (broad SMARTS) is 1. The summed E-state index contributed by atoms with van der Waals surface area (Å²) in [4.78, 5) is 75.4. The Morgan fingerprint density at radius 2 is 1.62 bits per heavy atom. The minimum Gasteiger partial charge on any atom is -0.477 e. The summed E-state index contributed by atoms with van der Waals surface area (Å²) >= 11 is 6.30. The minimum atomic E-state index is -1.13. The molecule has 0 spiro atoms. The third-order valence-electron chi connectivity index (χ3n) is 9.30. The summed E-state index contributed by atoms with van der Waals surface area (Å²) in [6.07, 6.45) is 1.40. The lowest BCUT2D eigenvalue weighted by Crippen LogP contribution is -2.60. The highest BCUT2D eigenvalue weighted by atomic mass is 35.5. The van der Waals surface area contributed by atoms with Crippen molar-refractivity contribution < 1.29 is 29.1 Å². The molecule has 2 aliphatic rings. The number of piperazine rings is 2. The van der Waals surface area contributed by atoms with E-state index >= 15 is 0 Å². The first-order valence-corrected chi connectivity index (χ1v) is 17.1. The van der Waals surface area contributed by atoms with E-state index in [1.54, 1.807) is 65.6 Å². The average Bonchev–Trinajstić information content (AvgIpc) is 3.84. The van der Waals surface area contributed by atoms with Gasteiger partial charge in [0.05, 0.1) is 11.4 Å². The number of aromatic carboxylic acids is 1. The van der Waals surface area contributed by atoms with Gasteiger partial charge in [0.1, 0.15) is 18.1 Å². The molecule has 1 unspecified atom stereocenters. The summed E-state index contributed by atoms with van der Waals surface area (Å²) < 4.78 is 1.35. The van der Waals surface area contributed by atoms with E-state index in [9.17, 15) is 29.1 Å². The second-order valence-corrected chi connectivity index (χ2v) is 13.2. The van der Waals surface area contributed by atoms with Crippen molar-refractivity contribution in [1.82, 2.24) is 39.9 Å². The van der Waals surface area contributed by atoms with E-state index in [0.29, 0.717) is 57.3 Å². The molecule has 2 saturated heterocycles. The number of aromatic nitrogens is 5. The van der Waals surface area contributed by atoms with Crippen molar-refractivity contribution in [2.45, 2.75) is 12.5 Å². The van der Waals surface area contributed by atoms with Crippen molar-refractivity contribution in [1.29, 1.82) is 0 Å². The number of nitrogens with zero attached hydrogens (tertiary/aromatic N) is 8. The SMILES string of the molecule is CN1CCN(C(=O)Nc2ccc(CC(C(=O)Nc3ccc4[nH]c(C(=O)O)cc4c3)N3CCN(c4cc(Cl)ccc4-n4cnnn4)C(=O)C3=O)cc2)CC1. The standard InChI is InChI=1S/C35H34ClN11O6/c1-43-10-12-44(13-11-43)35(53)39-24-5-2-21(3-6-24)16-30(31(48)38-25-7-8-26-22(17-25)18-27(40-26)34(51)52)46-15-14-45(32(49)33(46)50)29-19-23(36)4-9-28(29)47-20-37-41-42-47/h2-9,17-20,30,40H,10-16H2,1H3,(H,38,48)(H,39,53)(H,51,52). The van der Waals surface area contributed by atoms with Crippen LogP contribution < -0.4 is 15.5 Å². The number of benzene rings is 3. The zero-order chi connectivity index (χ0) is 37.2. The molecular weight excluding hydrogens is 706 g/mol. The topological polar surface area (TPSA) is 202 Å². The average molecular weight is 740 g/mol. The first-order valence-electron chi connectivity index (χ1n) is 16.7. The Morgan fingerprint density at radius 3 is 2.34 bits per heavy atom. The van der Waals surface area contributed by atoms with Crippen LogP contribution in [-0.2, 0) is 20.8 Å². The van der Waals surface area contributed by atoms with E-state index in [0.717, 1.165) is 13.1 Å². The number of nitrogens with one attached hydrogen (secondary N) is 3. The zero-order valence-corrected chi connectivity index (χ0v) is 29.2. The monoisotopic (exact) mass is 739 g/mol. The number of carboxylic acids is 1. The molecule has 7 rings (SSSR count). The van der Waals surface area contributed by atoms with E-state index in [2.05, 4.69) is 36.0 Å². The number of amides is 5. The van der Waals surface area contributed by atoms with Gasteiger partial charge in [0.15, 0.2) is 0 Å². The number of carbonyl (C=O) groups is 5. The molecule has 3 aromatic carbocycles. The lowest BCUT2D eigenvalue weighted by atomic mass is 10.0. The fraction of sp³-hybridized carbons (Fsp3) is 0.257. The van der Waals surface area contributed by atoms with Crippen molar-refractivity contribution in [2.24, 2.45) is 0 Å². The molecule has 18 heteroatoms. The molecule has 5 aromatic rings. The number of rotatable bonds is 9. The molecule has 0 aliphatic carbocycles. The molecule has 2 aromatic heterocycles. The number of likely N-dealkylation sites (N-methyl/N-ethyl adjacent to an activating group) is 1. The van der Waals surface area contributed by atoms with Gasteiger partial charge in [0.2, 0.25) is 5.91 Å². The van der Waals surface area contributed by atoms with E-state index in [1.807, 2.05) is 7.05 Å². The number of aromatic amines is 1. The van der Waals surface area contributed by atoms with Gasteiger partial charge < -0.3 is 40.3 Å². The maximum atomic E-state index is 14.1. The predicted molar refractivity (Wildman–Crippen MR) is 194 cm³/mol. The lowest BCUT2D eigenvalue weighted by Gasteiger charge is -2.38. The molecule has 2 aliphatic heterocycles. The fourth-order valence-corrected chi connectivity index (χ4v) is 6.58. The molecule has 1 atom stereocenters. The summed E-state index contributed by atoms with van der Waals surface area (Å²) in [7, 11) is 2.01. The van der Waals surface area contributed by atoms with Crippen molar-refractivity contribution in [3.8, 4) is 5.69 Å². The minimum absolute atomic E-state index is 0.00218. The number of tetrazole rings is 1. The van der Waals surface area contributed by atoms with Crippen molar-refractivity contribution in [2.75, 3.05) is 61.8 Å². The predicted octanol–water partition coefficient (Wildman–Crippen LogP) is 2.70. The third-order valence-corrected chi connectivity index (χ3v) is 9.53. The molecule has 272 valence electrons. The molecule has 0 saturated carbocycles. The highest BCUT2D eigenvalue weighted by molar-refractivity contribution is 6.41. The number of hydrogen-bond acceptors (Lipinski definition) is 9. The smallest absolute Gasteiger partial charge is 0.352 e. The van der Waals surface area contributed by atoms with E-state index in [-0.39, 0.29) is 31.2 Å². The quantitative estimate of drug-likeness (QED) is 0.163. The van der Waals surface area contributed by atoms with Crippen LogP contribution in [0.4, 0.5) is 21.9 Å². The van der Waals surface area contributed by atoms with Crippen molar-refractivity contribution in [3.05, 3.63) is 89.3 Å². The number of H-pyrrole nitrogens is 1. The van der Waals surface area contributed by atoms with Gasteiger partial charge in [0.25, 0.3) is 0 Å². The number of hydrogen-bond donors (Lipinski definition) is 4. The Kier molecular flexibility index (Phi) is 9.75. The highest BCUT2D eigenvalue weighted by Crippen LogP contribution is 2.30. The summed E-state index contributed by atoms with van der Waals surface area (Å²) in [6.45, 7) is 2.84. The van der Waals surface area contributed by atoms with E-state index in [4.69, 9.17) is 11.6 Å². The molecule has 17 nitrogen and oxygen atoms in total. The maximum Gasteiger partial charge on any atom is 0.352 e. The van der Waals surface area contributed by atoms with Crippen LogP contribution in [0.2, 0.25) is 5.02 Å². The van der Waals surface area contributed by atoms with Crippen LogP contribution in [0.5, 0.6) is 0 Å². The molecule has 53 heavy (non-hydrogen) atoms. The molecule has 2 fully saturated rings. The fourth-order valence-electron chi connectivity index (χ4n) is 6.41. The van der Waals surface area contributed by atoms with Crippen LogP contribution in [-0.4, -0.2) is 127 Å². The third kappa shape index (κ3) is 7.51. The van der Waals surface area contributed by atoms with Crippen LogP contribution in [0.1, 0.15) is 16.1 Å². The Morgan fingerprint density at radius 1 is 0.868 bits per heavy atom. The molecule has 0 radical (unpaired) electrons. The number of urea groups is 1. The molecular formula is C35H34ClN11O6. The molecule has 4 heterocycles. The van der Waals surface area contributed by atoms with Crippen LogP contribution in [0.3, 0.4) is 0 Å². The van der Waals surface area contributed by atoms with Gasteiger partial charge in [-0.25, -0.2) is 9.59 Å². The summed E-state index contributed by atoms with van der Waals surface area (Å²) in [6, 6.07) is 16.7. The van der Waals surface area contributed by atoms with E-state index in [1.165, 1.54) is 26.9 Å². The maximum absolute atomic E-state index is 14.1. The molecule has 5 amide bonds. The van der Waals surface area contributed by atoms with Crippen LogP contribution >= 0.6 is 11.6 Å². The number of anilines is 3. The Bertz CT molecular complexity index is 2200. The van der Waals surface area contributed by atoms with Gasteiger partial charge in [-0.15, -0.1) is 5.10 Å². The van der Waals surface area contributed by atoms with Gasteiger partial charge in [-0.3, -0.25) is 14.4 Å². The summed E-state index contributed by atoms with van der Waals surface area (Å²) in [5.74, 6) is -3.45. The number of carbonyl (C=O) groups excluding carboxylic acids is 4. The first kappa shape index (κ1) is 35.1.